The highest BCUT2D eigenvalue weighted by Gasteiger charge is 2.17. The Hall–Kier alpha value is -1.93. The molecule has 2 aromatic rings. The average molecular weight is 270 g/mol. The molecule has 18 heavy (non-hydrogen) atoms. The van der Waals surface area contributed by atoms with Gasteiger partial charge in [0, 0.05) is 0 Å². The van der Waals surface area contributed by atoms with Crippen molar-refractivity contribution in [3.63, 3.8) is 0 Å². The van der Waals surface area contributed by atoms with Crippen molar-refractivity contribution in [2.75, 3.05) is 0 Å². The van der Waals surface area contributed by atoms with Gasteiger partial charge < -0.3 is 4.98 Å². The number of aryl methyl sites for hydroxylation is 1. The Balaban J connectivity index is 3.00. The van der Waals surface area contributed by atoms with Crippen molar-refractivity contribution < 1.29 is 13.0 Å². The van der Waals surface area contributed by atoms with Gasteiger partial charge in [-0.3, -0.25) is 14.3 Å². The average Bonchev–Trinajstić information content (AvgIpc) is 2.25. The zero-order valence-electron chi connectivity index (χ0n) is 9.35. The van der Waals surface area contributed by atoms with Crippen molar-refractivity contribution in [1.29, 1.82) is 0 Å². The first-order chi connectivity index (χ1) is 8.32. The molecule has 0 bridgehead atoms. The molecule has 0 unspecified atom stereocenters. The highest BCUT2D eigenvalue weighted by Crippen LogP contribution is 2.20. The van der Waals surface area contributed by atoms with Crippen LogP contribution in [-0.4, -0.2) is 22.9 Å². The lowest BCUT2D eigenvalue weighted by molar-refractivity contribution is 0.482. The van der Waals surface area contributed by atoms with Gasteiger partial charge in [0.25, 0.3) is 15.7 Å². The summed E-state index contributed by atoms with van der Waals surface area (Å²) in [6, 6.07) is 2.42. The molecule has 0 aliphatic carbocycles. The third-order valence-electron chi connectivity index (χ3n) is 2.58. The molecule has 0 saturated carbocycles. The fraction of sp³-hybridized carbons (Fsp3) is 0.200. The summed E-state index contributed by atoms with van der Waals surface area (Å²) >= 11 is 0. The smallest absolute Gasteiger partial charge is 0.307 e. The van der Waals surface area contributed by atoms with Gasteiger partial charge >= 0.3 is 5.69 Å². The van der Waals surface area contributed by atoms with Crippen LogP contribution in [0.3, 0.4) is 0 Å². The normalized spacial score (nSPS) is 11.9. The molecule has 0 aliphatic rings. The lowest BCUT2D eigenvalue weighted by atomic mass is 10.1. The van der Waals surface area contributed by atoms with Crippen LogP contribution in [0.1, 0.15) is 12.5 Å². The molecular formula is C10H10N2O5S. The van der Waals surface area contributed by atoms with E-state index in [-0.39, 0.29) is 15.8 Å². The van der Waals surface area contributed by atoms with Crippen LogP contribution in [0.25, 0.3) is 10.9 Å². The van der Waals surface area contributed by atoms with Gasteiger partial charge in [-0.25, -0.2) is 4.79 Å². The number of aromatic nitrogens is 2. The number of hydrogen-bond donors (Lipinski definition) is 3. The molecule has 8 heteroatoms. The topological polar surface area (TPSA) is 120 Å². The predicted molar refractivity (Wildman–Crippen MR) is 64.4 cm³/mol. The third kappa shape index (κ3) is 2.07. The number of hydrogen-bond acceptors (Lipinski definition) is 4. The maximum atomic E-state index is 11.5. The fourth-order valence-electron chi connectivity index (χ4n) is 1.76. The summed E-state index contributed by atoms with van der Waals surface area (Å²) in [6.45, 7) is 1.70. The Morgan fingerprint density at radius 3 is 2.44 bits per heavy atom. The van der Waals surface area contributed by atoms with Crippen LogP contribution in [0.4, 0.5) is 0 Å². The molecule has 0 radical (unpaired) electrons. The van der Waals surface area contributed by atoms with Gasteiger partial charge in [-0.2, -0.15) is 8.42 Å². The van der Waals surface area contributed by atoms with Gasteiger partial charge in [-0.05, 0) is 24.1 Å². The van der Waals surface area contributed by atoms with Crippen molar-refractivity contribution in [2.24, 2.45) is 0 Å². The van der Waals surface area contributed by atoms with Crippen LogP contribution < -0.4 is 11.2 Å². The number of benzene rings is 1. The molecule has 1 aromatic carbocycles. The van der Waals surface area contributed by atoms with Gasteiger partial charge in [-0.15, -0.1) is 0 Å². The molecule has 2 rings (SSSR count). The van der Waals surface area contributed by atoms with Crippen LogP contribution in [0.2, 0.25) is 0 Å². The summed E-state index contributed by atoms with van der Waals surface area (Å²) in [5.74, 6) is 0. The number of nitrogens with one attached hydrogen (secondary N) is 2. The molecule has 0 aliphatic heterocycles. The van der Waals surface area contributed by atoms with E-state index >= 15 is 0 Å². The second-order valence-electron chi connectivity index (χ2n) is 3.74. The molecular weight excluding hydrogens is 260 g/mol. The van der Waals surface area contributed by atoms with Crippen LogP contribution in [0.5, 0.6) is 0 Å². The van der Waals surface area contributed by atoms with Crippen LogP contribution in [0.15, 0.2) is 26.6 Å². The second-order valence-corrected chi connectivity index (χ2v) is 5.13. The standard InChI is InChI=1S/C10H10N2O5S/c1-2-5-3-7-6(4-8(5)18(15,16)17)9(13)12-10(14)11-7/h3-4H,2H2,1H3,(H,15,16,17)(H2,11,12,13,14). The molecule has 96 valence electrons. The van der Waals surface area contributed by atoms with Crippen molar-refractivity contribution in [2.45, 2.75) is 18.2 Å². The monoisotopic (exact) mass is 270 g/mol. The van der Waals surface area contributed by atoms with E-state index < -0.39 is 21.4 Å². The molecule has 0 fully saturated rings. The first-order valence-corrected chi connectivity index (χ1v) is 6.53. The minimum absolute atomic E-state index is 0.000532. The predicted octanol–water partition coefficient (Wildman–Crippen LogP) is 0.0255. The minimum Gasteiger partial charge on any atom is -0.307 e. The van der Waals surface area contributed by atoms with Crippen molar-refractivity contribution >= 4 is 21.0 Å². The van der Waals surface area contributed by atoms with Crippen LogP contribution in [0, 0.1) is 0 Å². The van der Waals surface area contributed by atoms with Gasteiger partial charge in [0.15, 0.2) is 0 Å². The van der Waals surface area contributed by atoms with Crippen LogP contribution in [-0.2, 0) is 16.5 Å². The summed E-state index contributed by atoms with van der Waals surface area (Å²) in [5, 5.41) is -0.000532. The van der Waals surface area contributed by atoms with Crippen LogP contribution >= 0.6 is 0 Å². The summed E-state index contributed by atoms with van der Waals surface area (Å²) in [4.78, 5) is 26.7. The van der Waals surface area contributed by atoms with E-state index in [1.165, 1.54) is 6.07 Å². The highest BCUT2D eigenvalue weighted by molar-refractivity contribution is 7.85. The lowest BCUT2D eigenvalue weighted by Gasteiger charge is -2.06. The summed E-state index contributed by atoms with van der Waals surface area (Å²) in [5.41, 5.74) is -0.824. The van der Waals surface area contributed by atoms with Gasteiger partial charge in [0.1, 0.15) is 0 Å². The Labute approximate surface area is 101 Å². The van der Waals surface area contributed by atoms with E-state index in [4.69, 9.17) is 4.55 Å². The Morgan fingerprint density at radius 1 is 1.22 bits per heavy atom. The largest absolute Gasteiger partial charge is 0.326 e. The van der Waals surface area contributed by atoms with Gasteiger partial charge in [0.2, 0.25) is 0 Å². The molecule has 1 heterocycles. The first-order valence-electron chi connectivity index (χ1n) is 5.09. The van der Waals surface area contributed by atoms with E-state index in [1.54, 1.807) is 6.92 Å². The second kappa shape index (κ2) is 4.07. The van der Waals surface area contributed by atoms with Gasteiger partial charge in [-0.1, -0.05) is 6.92 Å². The highest BCUT2D eigenvalue weighted by atomic mass is 32.2. The maximum Gasteiger partial charge on any atom is 0.326 e. The Bertz CT molecular complexity index is 831. The fourth-order valence-corrected chi connectivity index (χ4v) is 2.56. The molecule has 0 atom stereocenters. The van der Waals surface area contributed by atoms with Crippen molar-refractivity contribution in [3.8, 4) is 0 Å². The molecule has 3 N–H and O–H groups in total. The Kier molecular flexibility index (Phi) is 2.83. The van der Waals surface area contributed by atoms with E-state index in [9.17, 15) is 18.0 Å². The van der Waals surface area contributed by atoms with E-state index in [0.29, 0.717) is 12.0 Å². The Morgan fingerprint density at radius 2 is 1.89 bits per heavy atom. The number of H-pyrrole nitrogens is 2. The number of fused-ring (bicyclic) bond motifs is 1. The first kappa shape index (κ1) is 12.5. The molecule has 7 nitrogen and oxygen atoms in total. The zero-order valence-corrected chi connectivity index (χ0v) is 10.2. The maximum absolute atomic E-state index is 11.5. The molecule has 0 amide bonds. The molecule has 0 spiro atoms. The minimum atomic E-state index is -4.41. The van der Waals surface area contributed by atoms with Gasteiger partial charge in [0.05, 0.1) is 15.8 Å². The SMILES string of the molecule is CCc1cc2[nH]c(=O)[nH]c(=O)c2cc1S(=O)(=O)O. The van der Waals surface area contributed by atoms with Crippen molar-refractivity contribution in [3.05, 3.63) is 38.5 Å². The summed E-state index contributed by atoms with van der Waals surface area (Å²) in [7, 11) is -4.41. The lowest BCUT2D eigenvalue weighted by Crippen LogP contribution is -2.22. The van der Waals surface area contributed by atoms with Crippen molar-refractivity contribution in [1.82, 2.24) is 9.97 Å². The molecule has 0 saturated heterocycles. The third-order valence-corrected chi connectivity index (χ3v) is 3.52. The summed E-state index contributed by atoms with van der Waals surface area (Å²) in [6.07, 6.45) is 0.333. The summed E-state index contributed by atoms with van der Waals surface area (Å²) < 4.78 is 31.5. The zero-order chi connectivity index (χ0) is 13.5. The number of aromatic amines is 2. The van der Waals surface area contributed by atoms with E-state index in [0.717, 1.165) is 6.07 Å². The van der Waals surface area contributed by atoms with E-state index in [2.05, 4.69) is 4.98 Å². The van der Waals surface area contributed by atoms with E-state index in [1.807, 2.05) is 4.98 Å². The quantitative estimate of drug-likeness (QED) is 0.665. The number of rotatable bonds is 2. The molecule has 1 aromatic heterocycles.